The molecule has 1 aromatic heterocycles. The third-order valence-corrected chi connectivity index (χ3v) is 5.67. The first-order valence-electron chi connectivity index (χ1n) is 10.8. The number of nitrogens with zero attached hydrogens (tertiary/aromatic N) is 3. The Morgan fingerprint density at radius 2 is 1.80 bits per heavy atom. The number of fused-ring (bicyclic) bond motifs is 1. The van der Waals surface area contributed by atoms with E-state index in [1.54, 1.807) is 0 Å². The van der Waals surface area contributed by atoms with Gasteiger partial charge < -0.3 is 10.2 Å². The predicted octanol–water partition coefficient (Wildman–Crippen LogP) is 4.68. The molecule has 5 heteroatoms. The van der Waals surface area contributed by atoms with E-state index in [1.807, 2.05) is 51.1 Å². The van der Waals surface area contributed by atoms with Gasteiger partial charge in [0.15, 0.2) is 0 Å². The lowest BCUT2D eigenvalue weighted by Crippen LogP contribution is -2.44. The SMILES string of the molecule is CC(C)(C)C(=O)NCC1CCCN(c2nc(-c3ccccc3)c3ccccc3n2)C1. The first-order chi connectivity index (χ1) is 14.4. The van der Waals surface area contributed by atoms with Crippen LogP contribution >= 0.6 is 0 Å². The van der Waals surface area contributed by atoms with Gasteiger partial charge in [0.1, 0.15) is 0 Å². The molecule has 1 fully saturated rings. The van der Waals surface area contributed by atoms with Gasteiger partial charge in [-0.3, -0.25) is 4.79 Å². The zero-order valence-electron chi connectivity index (χ0n) is 18.1. The number of piperidine rings is 1. The number of para-hydroxylation sites is 1. The fourth-order valence-corrected chi connectivity index (χ4v) is 3.94. The largest absolute Gasteiger partial charge is 0.355 e. The number of hydrogen-bond donors (Lipinski definition) is 1. The molecule has 0 aliphatic carbocycles. The van der Waals surface area contributed by atoms with Gasteiger partial charge in [0.05, 0.1) is 11.2 Å². The molecule has 2 heterocycles. The van der Waals surface area contributed by atoms with Crippen LogP contribution in [0.25, 0.3) is 22.2 Å². The smallest absolute Gasteiger partial charge is 0.226 e. The molecule has 5 nitrogen and oxygen atoms in total. The zero-order valence-corrected chi connectivity index (χ0v) is 18.1. The first kappa shape index (κ1) is 20.3. The molecule has 1 aliphatic rings. The number of benzene rings is 2. The monoisotopic (exact) mass is 402 g/mol. The van der Waals surface area contributed by atoms with E-state index in [9.17, 15) is 4.79 Å². The average Bonchev–Trinajstić information content (AvgIpc) is 2.77. The van der Waals surface area contributed by atoms with E-state index >= 15 is 0 Å². The van der Waals surface area contributed by atoms with Crippen molar-refractivity contribution < 1.29 is 4.79 Å². The molecular formula is C25H30N4O. The fraction of sp³-hybridized carbons (Fsp3) is 0.400. The van der Waals surface area contributed by atoms with Crippen molar-refractivity contribution in [3.8, 4) is 11.3 Å². The van der Waals surface area contributed by atoms with E-state index in [1.165, 1.54) is 0 Å². The fourth-order valence-electron chi connectivity index (χ4n) is 3.94. The topological polar surface area (TPSA) is 58.1 Å². The number of amides is 1. The van der Waals surface area contributed by atoms with Gasteiger partial charge in [0.25, 0.3) is 0 Å². The maximum absolute atomic E-state index is 12.3. The minimum atomic E-state index is -0.361. The summed E-state index contributed by atoms with van der Waals surface area (Å²) in [5, 5.41) is 4.19. The van der Waals surface area contributed by atoms with Crippen LogP contribution in [0.5, 0.6) is 0 Å². The van der Waals surface area contributed by atoms with Crippen LogP contribution < -0.4 is 10.2 Å². The third kappa shape index (κ3) is 4.45. The van der Waals surface area contributed by atoms with Gasteiger partial charge in [-0.15, -0.1) is 0 Å². The van der Waals surface area contributed by atoms with Crippen molar-refractivity contribution in [2.75, 3.05) is 24.5 Å². The highest BCUT2D eigenvalue weighted by Gasteiger charge is 2.26. The number of rotatable bonds is 4. The predicted molar refractivity (Wildman–Crippen MR) is 122 cm³/mol. The lowest BCUT2D eigenvalue weighted by Gasteiger charge is -2.33. The van der Waals surface area contributed by atoms with Gasteiger partial charge in [-0.05, 0) is 24.8 Å². The molecule has 0 saturated carbocycles. The molecule has 0 spiro atoms. The molecular weight excluding hydrogens is 372 g/mol. The van der Waals surface area contributed by atoms with Crippen molar-refractivity contribution >= 4 is 22.8 Å². The Morgan fingerprint density at radius 3 is 2.57 bits per heavy atom. The van der Waals surface area contributed by atoms with Crippen molar-refractivity contribution in [1.29, 1.82) is 0 Å². The second-order valence-corrected chi connectivity index (χ2v) is 9.17. The minimum absolute atomic E-state index is 0.105. The Bertz CT molecular complexity index is 1030. The molecule has 3 aromatic rings. The lowest BCUT2D eigenvalue weighted by atomic mass is 9.94. The Morgan fingerprint density at radius 1 is 1.07 bits per heavy atom. The maximum Gasteiger partial charge on any atom is 0.226 e. The Kier molecular flexibility index (Phi) is 5.71. The second-order valence-electron chi connectivity index (χ2n) is 9.17. The molecule has 2 aromatic carbocycles. The summed E-state index contributed by atoms with van der Waals surface area (Å²) in [7, 11) is 0. The van der Waals surface area contributed by atoms with Gasteiger partial charge in [0, 0.05) is 36.0 Å². The van der Waals surface area contributed by atoms with E-state index in [0.29, 0.717) is 12.5 Å². The van der Waals surface area contributed by atoms with Gasteiger partial charge in [-0.1, -0.05) is 69.3 Å². The maximum atomic E-state index is 12.3. The molecule has 1 aliphatic heterocycles. The summed E-state index contributed by atoms with van der Waals surface area (Å²) < 4.78 is 0. The Balaban J connectivity index is 1.59. The number of hydrogen-bond acceptors (Lipinski definition) is 4. The Labute approximate surface area is 178 Å². The summed E-state index contributed by atoms with van der Waals surface area (Å²) in [6.45, 7) is 8.34. The molecule has 1 amide bonds. The molecule has 1 atom stereocenters. The van der Waals surface area contributed by atoms with Gasteiger partial charge >= 0.3 is 0 Å². The van der Waals surface area contributed by atoms with Crippen LogP contribution in [0.15, 0.2) is 54.6 Å². The van der Waals surface area contributed by atoms with Gasteiger partial charge in [-0.25, -0.2) is 9.97 Å². The number of anilines is 1. The number of carbonyl (C=O) groups is 1. The molecule has 1 saturated heterocycles. The zero-order chi connectivity index (χ0) is 21.1. The third-order valence-electron chi connectivity index (χ3n) is 5.67. The van der Waals surface area contributed by atoms with Crippen LogP contribution in [0, 0.1) is 11.3 Å². The van der Waals surface area contributed by atoms with E-state index in [-0.39, 0.29) is 11.3 Å². The molecule has 0 bridgehead atoms. The standard InChI is InChI=1S/C25H30N4O/c1-25(2,3)23(30)26-16-18-10-9-15-29(17-18)24-27-21-14-8-7-13-20(21)22(28-24)19-11-5-4-6-12-19/h4-8,11-14,18H,9-10,15-17H2,1-3H3,(H,26,30). The number of nitrogens with one attached hydrogen (secondary N) is 1. The number of aromatic nitrogens is 2. The van der Waals surface area contributed by atoms with Crippen molar-refractivity contribution in [1.82, 2.24) is 15.3 Å². The Hall–Kier alpha value is -2.95. The van der Waals surface area contributed by atoms with Gasteiger partial charge in [-0.2, -0.15) is 0 Å². The normalized spacial score (nSPS) is 17.2. The summed E-state index contributed by atoms with van der Waals surface area (Å²) in [4.78, 5) is 24.4. The van der Waals surface area contributed by atoms with Crippen molar-refractivity contribution in [3.05, 3.63) is 54.6 Å². The highest BCUT2D eigenvalue weighted by Crippen LogP contribution is 2.29. The van der Waals surface area contributed by atoms with Crippen LogP contribution in [0.2, 0.25) is 0 Å². The summed E-state index contributed by atoms with van der Waals surface area (Å²) in [6.07, 6.45) is 2.19. The van der Waals surface area contributed by atoms with Crippen LogP contribution in [-0.4, -0.2) is 35.5 Å². The second kappa shape index (κ2) is 8.42. The van der Waals surface area contributed by atoms with E-state index in [2.05, 4.69) is 34.5 Å². The van der Waals surface area contributed by atoms with Crippen molar-refractivity contribution in [2.45, 2.75) is 33.6 Å². The van der Waals surface area contributed by atoms with E-state index in [4.69, 9.17) is 9.97 Å². The van der Waals surface area contributed by atoms with E-state index in [0.717, 1.165) is 54.0 Å². The van der Waals surface area contributed by atoms with Crippen LogP contribution in [-0.2, 0) is 4.79 Å². The van der Waals surface area contributed by atoms with Crippen LogP contribution in [0.4, 0.5) is 5.95 Å². The van der Waals surface area contributed by atoms with Crippen LogP contribution in [0.1, 0.15) is 33.6 Å². The van der Waals surface area contributed by atoms with Crippen LogP contribution in [0.3, 0.4) is 0 Å². The van der Waals surface area contributed by atoms with Crippen molar-refractivity contribution in [3.63, 3.8) is 0 Å². The molecule has 0 radical (unpaired) electrons. The summed E-state index contributed by atoms with van der Waals surface area (Å²) in [5.74, 6) is 1.28. The first-order valence-corrected chi connectivity index (χ1v) is 10.8. The van der Waals surface area contributed by atoms with Crippen molar-refractivity contribution in [2.24, 2.45) is 11.3 Å². The molecule has 1 N–H and O–H groups in total. The molecule has 30 heavy (non-hydrogen) atoms. The molecule has 1 unspecified atom stereocenters. The lowest BCUT2D eigenvalue weighted by molar-refractivity contribution is -0.128. The summed E-state index contributed by atoms with van der Waals surface area (Å²) in [5.41, 5.74) is 2.67. The highest BCUT2D eigenvalue weighted by molar-refractivity contribution is 5.93. The van der Waals surface area contributed by atoms with Gasteiger partial charge in [0.2, 0.25) is 11.9 Å². The molecule has 156 valence electrons. The van der Waals surface area contributed by atoms with E-state index < -0.39 is 0 Å². The summed E-state index contributed by atoms with van der Waals surface area (Å²) >= 11 is 0. The summed E-state index contributed by atoms with van der Waals surface area (Å²) in [6, 6.07) is 18.5. The quantitative estimate of drug-likeness (QED) is 0.689. The average molecular weight is 403 g/mol. The number of carbonyl (C=O) groups excluding carboxylic acids is 1. The minimum Gasteiger partial charge on any atom is -0.355 e. The highest BCUT2D eigenvalue weighted by atomic mass is 16.2. The molecule has 4 rings (SSSR count).